The first-order chi connectivity index (χ1) is 11.5. The van der Waals surface area contributed by atoms with Crippen molar-refractivity contribution in [1.29, 1.82) is 0 Å². The van der Waals surface area contributed by atoms with Gasteiger partial charge < -0.3 is 10.2 Å². The zero-order valence-electron chi connectivity index (χ0n) is 15.1. The van der Waals surface area contributed by atoms with Gasteiger partial charge in [-0.3, -0.25) is 9.59 Å². The fourth-order valence-corrected chi connectivity index (χ4v) is 3.57. The van der Waals surface area contributed by atoms with Gasteiger partial charge in [0.15, 0.2) is 5.78 Å². The average Bonchev–Trinajstić information content (AvgIpc) is 2.90. The fourth-order valence-electron chi connectivity index (χ4n) is 3.57. The van der Waals surface area contributed by atoms with Crippen LogP contribution in [0, 0.1) is 11.8 Å². The van der Waals surface area contributed by atoms with E-state index in [2.05, 4.69) is 6.92 Å². The summed E-state index contributed by atoms with van der Waals surface area (Å²) < 4.78 is 0. The number of hydrogen-bond acceptors (Lipinski definition) is 3. The molecule has 0 bridgehead atoms. The van der Waals surface area contributed by atoms with Gasteiger partial charge in [-0.2, -0.15) is 0 Å². The molecule has 4 heteroatoms. The highest BCUT2D eigenvalue weighted by Crippen LogP contribution is 2.36. The maximum Gasteiger partial charge on any atom is 0.303 e. The molecule has 138 valence electrons. The summed E-state index contributed by atoms with van der Waals surface area (Å²) in [5, 5.41) is 18.8. The van der Waals surface area contributed by atoms with Crippen molar-refractivity contribution in [2.75, 3.05) is 0 Å². The number of aliphatic hydroxyl groups excluding tert-OH is 1. The van der Waals surface area contributed by atoms with Crippen LogP contribution in [0.5, 0.6) is 0 Å². The maximum absolute atomic E-state index is 11.8. The van der Waals surface area contributed by atoms with Crippen LogP contribution in [0.1, 0.15) is 84.0 Å². The Kier molecular flexibility index (Phi) is 10.6. The third-order valence-electron chi connectivity index (χ3n) is 5.07. The van der Waals surface area contributed by atoms with Gasteiger partial charge in [0.05, 0.1) is 6.10 Å². The van der Waals surface area contributed by atoms with Crippen LogP contribution in [0.15, 0.2) is 12.2 Å². The Morgan fingerprint density at radius 1 is 1.00 bits per heavy atom. The minimum Gasteiger partial charge on any atom is -0.481 e. The van der Waals surface area contributed by atoms with Crippen LogP contribution in [0.2, 0.25) is 0 Å². The Hall–Kier alpha value is -1.16. The van der Waals surface area contributed by atoms with Crippen LogP contribution in [0.4, 0.5) is 0 Å². The highest BCUT2D eigenvalue weighted by Gasteiger charge is 2.32. The van der Waals surface area contributed by atoms with Crippen LogP contribution in [0.3, 0.4) is 0 Å². The van der Waals surface area contributed by atoms with Crippen molar-refractivity contribution in [2.45, 2.75) is 90.1 Å². The van der Waals surface area contributed by atoms with Gasteiger partial charge in [-0.1, -0.05) is 45.1 Å². The number of carboxylic acid groups (broad SMARTS) is 1. The molecule has 1 aliphatic rings. The molecular formula is C20H34O4. The van der Waals surface area contributed by atoms with Gasteiger partial charge in [-0.05, 0) is 50.0 Å². The Morgan fingerprint density at radius 2 is 1.71 bits per heavy atom. The number of unbranched alkanes of at least 4 members (excludes halogenated alkanes) is 5. The molecule has 3 atom stereocenters. The van der Waals surface area contributed by atoms with E-state index < -0.39 is 5.97 Å². The van der Waals surface area contributed by atoms with Crippen molar-refractivity contribution in [3.63, 3.8) is 0 Å². The summed E-state index contributed by atoms with van der Waals surface area (Å²) in [6.07, 6.45) is 14.2. The van der Waals surface area contributed by atoms with Gasteiger partial charge in [-0.25, -0.2) is 0 Å². The summed E-state index contributed by atoms with van der Waals surface area (Å²) in [5.41, 5.74) is 0. The summed E-state index contributed by atoms with van der Waals surface area (Å²) >= 11 is 0. The molecule has 1 fully saturated rings. The molecular weight excluding hydrogens is 304 g/mol. The molecule has 0 heterocycles. The third kappa shape index (κ3) is 8.62. The molecule has 1 aliphatic carbocycles. The van der Waals surface area contributed by atoms with E-state index in [9.17, 15) is 14.7 Å². The molecule has 0 aromatic heterocycles. The summed E-state index contributed by atoms with van der Waals surface area (Å²) in [4.78, 5) is 22.2. The maximum atomic E-state index is 11.8. The van der Waals surface area contributed by atoms with Crippen LogP contribution in [-0.2, 0) is 9.59 Å². The first kappa shape index (κ1) is 20.9. The lowest BCUT2D eigenvalue weighted by Gasteiger charge is -2.19. The Labute approximate surface area is 146 Å². The predicted octanol–water partition coefficient (Wildman–Crippen LogP) is 4.50. The number of hydrogen-bond donors (Lipinski definition) is 2. The molecule has 0 aliphatic heterocycles. The number of aliphatic carboxylic acids is 1. The third-order valence-corrected chi connectivity index (χ3v) is 5.07. The lowest BCUT2D eigenvalue weighted by atomic mass is 9.88. The highest BCUT2D eigenvalue weighted by molar-refractivity contribution is 5.89. The molecule has 4 nitrogen and oxygen atoms in total. The molecule has 1 rings (SSSR count). The van der Waals surface area contributed by atoms with E-state index in [1.807, 2.05) is 6.08 Å². The van der Waals surface area contributed by atoms with Crippen molar-refractivity contribution in [2.24, 2.45) is 11.8 Å². The van der Waals surface area contributed by atoms with Gasteiger partial charge in [0.2, 0.25) is 0 Å². The minimum absolute atomic E-state index is 0.204. The second-order valence-electron chi connectivity index (χ2n) is 7.10. The van der Waals surface area contributed by atoms with Crippen molar-refractivity contribution in [3.8, 4) is 0 Å². The molecule has 0 spiro atoms. The van der Waals surface area contributed by atoms with Crippen molar-refractivity contribution in [1.82, 2.24) is 0 Å². The minimum atomic E-state index is -0.716. The number of carbonyl (C=O) groups is 2. The molecule has 0 amide bonds. The van der Waals surface area contributed by atoms with E-state index >= 15 is 0 Å². The van der Waals surface area contributed by atoms with E-state index in [-0.39, 0.29) is 24.2 Å². The SMILES string of the molecule is CCCCC(=O)/C=C/C1CCC(O)C1CCCCCCCC(=O)O. The number of allylic oxidation sites excluding steroid dienone is 2. The van der Waals surface area contributed by atoms with E-state index in [4.69, 9.17) is 5.11 Å². The first-order valence-electron chi connectivity index (χ1n) is 9.65. The van der Waals surface area contributed by atoms with Gasteiger partial charge in [-0.15, -0.1) is 0 Å². The van der Waals surface area contributed by atoms with Crippen LogP contribution >= 0.6 is 0 Å². The number of aliphatic hydroxyl groups is 1. The molecule has 0 saturated heterocycles. The summed E-state index contributed by atoms with van der Waals surface area (Å²) in [6.45, 7) is 2.09. The fraction of sp³-hybridized carbons (Fsp3) is 0.800. The number of rotatable bonds is 13. The van der Waals surface area contributed by atoms with E-state index in [0.717, 1.165) is 64.2 Å². The van der Waals surface area contributed by atoms with Crippen LogP contribution in [-0.4, -0.2) is 28.1 Å². The highest BCUT2D eigenvalue weighted by atomic mass is 16.4. The monoisotopic (exact) mass is 338 g/mol. The van der Waals surface area contributed by atoms with Gasteiger partial charge >= 0.3 is 5.97 Å². The second kappa shape index (κ2) is 12.2. The van der Waals surface area contributed by atoms with E-state index in [1.54, 1.807) is 6.08 Å². The quantitative estimate of drug-likeness (QED) is 0.383. The van der Waals surface area contributed by atoms with Crippen molar-refractivity contribution in [3.05, 3.63) is 12.2 Å². The summed E-state index contributed by atoms with van der Waals surface area (Å²) in [7, 11) is 0. The predicted molar refractivity (Wildman–Crippen MR) is 95.8 cm³/mol. The lowest BCUT2D eigenvalue weighted by Crippen LogP contribution is -2.18. The van der Waals surface area contributed by atoms with Crippen molar-refractivity contribution >= 4 is 11.8 Å². The molecule has 0 radical (unpaired) electrons. The Balaban J connectivity index is 2.24. The van der Waals surface area contributed by atoms with Crippen LogP contribution in [0.25, 0.3) is 0 Å². The smallest absolute Gasteiger partial charge is 0.303 e. The number of ketones is 1. The standard InChI is InChI=1S/C20H34O4/c1-2-3-9-17(21)14-12-16-13-15-19(22)18(16)10-7-5-4-6-8-11-20(23)24/h12,14,16,18-19,22H,2-11,13,15H2,1H3,(H,23,24)/b14-12+. The van der Waals surface area contributed by atoms with Gasteiger partial charge in [0, 0.05) is 12.8 Å². The summed E-state index contributed by atoms with van der Waals surface area (Å²) in [6, 6.07) is 0. The lowest BCUT2D eigenvalue weighted by molar-refractivity contribution is -0.137. The molecule has 24 heavy (non-hydrogen) atoms. The summed E-state index contributed by atoms with van der Waals surface area (Å²) in [5.74, 6) is 0.0967. The second-order valence-corrected chi connectivity index (χ2v) is 7.10. The molecule has 2 N–H and O–H groups in total. The largest absolute Gasteiger partial charge is 0.481 e. The van der Waals surface area contributed by atoms with Crippen LogP contribution < -0.4 is 0 Å². The Bertz CT molecular complexity index is 402. The average molecular weight is 338 g/mol. The van der Waals surface area contributed by atoms with Crippen molar-refractivity contribution < 1.29 is 19.8 Å². The zero-order chi connectivity index (χ0) is 17.8. The normalized spacial score (nSPS) is 23.8. The topological polar surface area (TPSA) is 74.6 Å². The molecule has 0 aromatic rings. The zero-order valence-corrected chi connectivity index (χ0v) is 15.1. The van der Waals surface area contributed by atoms with Gasteiger partial charge in [0.1, 0.15) is 0 Å². The number of carboxylic acids is 1. The Morgan fingerprint density at radius 3 is 2.42 bits per heavy atom. The first-order valence-corrected chi connectivity index (χ1v) is 9.65. The van der Waals surface area contributed by atoms with E-state index in [0.29, 0.717) is 12.3 Å². The molecule has 0 aromatic carbocycles. The number of carbonyl (C=O) groups excluding carboxylic acids is 1. The molecule has 1 saturated carbocycles. The van der Waals surface area contributed by atoms with Gasteiger partial charge in [0.25, 0.3) is 0 Å². The molecule has 3 unspecified atom stereocenters. The van der Waals surface area contributed by atoms with E-state index in [1.165, 1.54) is 0 Å².